The number of carbonyl (C=O) groups excluding carboxylic acids is 1. The van der Waals surface area contributed by atoms with E-state index < -0.39 is 0 Å². The van der Waals surface area contributed by atoms with Crippen LogP contribution in [-0.2, 0) is 0 Å². The number of aromatic nitrogens is 4. The second kappa shape index (κ2) is 6.87. The third-order valence-electron chi connectivity index (χ3n) is 3.93. The molecule has 0 radical (unpaired) electrons. The van der Waals surface area contributed by atoms with Crippen molar-refractivity contribution in [2.75, 3.05) is 12.1 Å². The van der Waals surface area contributed by atoms with Gasteiger partial charge in [-0.2, -0.15) is 4.68 Å². The van der Waals surface area contributed by atoms with Crippen molar-refractivity contribution in [3.63, 3.8) is 0 Å². The molecule has 27 heavy (non-hydrogen) atoms. The summed E-state index contributed by atoms with van der Waals surface area (Å²) in [7, 11) is 0. The van der Waals surface area contributed by atoms with E-state index in [1.165, 1.54) is 23.7 Å². The van der Waals surface area contributed by atoms with Gasteiger partial charge in [0.1, 0.15) is 5.82 Å². The molecule has 8 nitrogen and oxygen atoms in total. The Kier molecular flexibility index (Phi) is 4.25. The predicted molar refractivity (Wildman–Crippen MR) is 94.3 cm³/mol. The minimum atomic E-state index is -0.342. The van der Waals surface area contributed by atoms with Gasteiger partial charge < -0.3 is 14.8 Å². The summed E-state index contributed by atoms with van der Waals surface area (Å²) in [5.74, 6) is 1.08. The summed E-state index contributed by atoms with van der Waals surface area (Å²) >= 11 is 0. The molecule has 0 saturated heterocycles. The van der Waals surface area contributed by atoms with Crippen LogP contribution in [0.2, 0.25) is 0 Å². The van der Waals surface area contributed by atoms with E-state index >= 15 is 0 Å². The van der Waals surface area contributed by atoms with Crippen molar-refractivity contribution in [1.29, 1.82) is 0 Å². The third-order valence-corrected chi connectivity index (χ3v) is 3.93. The van der Waals surface area contributed by atoms with Gasteiger partial charge in [0.05, 0.1) is 11.4 Å². The number of anilines is 1. The Morgan fingerprint density at radius 2 is 1.96 bits per heavy atom. The smallest absolute Gasteiger partial charge is 0.231 e. The van der Waals surface area contributed by atoms with E-state index in [4.69, 9.17) is 9.47 Å². The molecule has 0 bridgehead atoms. The van der Waals surface area contributed by atoms with Crippen molar-refractivity contribution in [2.24, 2.45) is 0 Å². The molecule has 1 aliphatic rings. The lowest BCUT2D eigenvalue weighted by atomic mass is 10.1. The summed E-state index contributed by atoms with van der Waals surface area (Å²) in [5.41, 5.74) is 1.67. The lowest BCUT2D eigenvalue weighted by Gasteiger charge is -2.08. The first-order valence-electron chi connectivity index (χ1n) is 8.04. The molecule has 0 unspecified atom stereocenters. The van der Waals surface area contributed by atoms with Gasteiger partial charge in [0.15, 0.2) is 23.1 Å². The van der Waals surface area contributed by atoms with Gasteiger partial charge in [-0.1, -0.05) is 0 Å². The lowest BCUT2D eigenvalue weighted by Crippen LogP contribution is -2.01. The second-order valence-electron chi connectivity index (χ2n) is 5.71. The van der Waals surface area contributed by atoms with E-state index in [-0.39, 0.29) is 18.4 Å². The highest BCUT2D eigenvalue weighted by molar-refractivity contribution is 6.00. The van der Waals surface area contributed by atoms with Crippen LogP contribution in [0.3, 0.4) is 0 Å². The van der Waals surface area contributed by atoms with Gasteiger partial charge in [0.25, 0.3) is 0 Å². The second-order valence-corrected chi connectivity index (χ2v) is 5.71. The number of hydrogen-bond donors (Lipinski definition) is 1. The first-order valence-corrected chi connectivity index (χ1v) is 8.04. The van der Waals surface area contributed by atoms with Crippen molar-refractivity contribution >= 4 is 17.5 Å². The van der Waals surface area contributed by atoms with Gasteiger partial charge in [0, 0.05) is 23.9 Å². The number of fused-ring (bicyclic) bond motifs is 1. The number of carbonyl (C=O) groups is 1. The Morgan fingerprint density at radius 3 is 2.70 bits per heavy atom. The van der Waals surface area contributed by atoms with Crippen LogP contribution in [-0.4, -0.2) is 32.8 Å². The largest absolute Gasteiger partial charge is 0.454 e. The molecule has 2 aromatic carbocycles. The van der Waals surface area contributed by atoms with E-state index in [9.17, 15) is 9.18 Å². The van der Waals surface area contributed by atoms with Crippen molar-refractivity contribution < 1.29 is 18.7 Å². The quantitative estimate of drug-likeness (QED) is 0.693. The lowest BCUT2D eigenvalue weighted by molar-refractivity contribution is 0.101. The van der Waals surface area contributed by atoms with Crippen LogP contribution in [0.15, 0.2) is 42.6 Å². The average Bonchev–Trinajstić information content (AvgIpc) is 3.30. The molecule has 4 rings (SSSR count). The van der Waals surface area contributed by atoms with E-state index in [0.717, 1.165) is 0 Å². The van der Waals surface area contributed by atoms with Gasteiger partial charge in [-0.25, -0.2) is 4.39 Å². The molecule has 1 aromatic heterocycles. The minimum Gasteiger partial charge on any atom is -0.454 e. The highest BCUT2D eigenvalue weighted by Gasteiger charge is 2.18. The first kappa shape index (κ1) is 16.7. The summed E-state index contributed by atoms with van der Waals surface area (Å²) in [4.78, 5) is 11.9. The number of halogens is 1. The molecule has 0 fully saturated rings. The molecule has 136 valence electrons. The Morgan fingerprint density at radius 1 is 1.22 bits per heavy atom. The zero-order valence-electron chi connectivity index (χ0n) is 14.2. The van der Waals surface area contributed by atoms with Crippen LogP contribution in [0.4, 0.5) is 10.1 Å². The molecule has 2 heterocycles. The summed E-state index contributed by atoms with van der Waals surface area (Å²) in [6, 6.07) is 9.14. The summed E-state index contributed by atoms with van der Waals surface area (Å²) in [5, 5.41) is 14.5. The fraction of sp³-hybridized carbons (Fsp3) is 0.111. The van der Waals surface area contributed by atoms with E-state index in [1.807, 2.05) is 0 Å². The number of hydrogen-bond acceptors (Lipinski definition) is 7. The van der Waals surface area contributed by atoms with Gasteiger partial charge in [-0.05, 0) is 47.7 Å². The molecule has 3 aromatic rings. The van der Waals surface area contributed by atoms with Crippen molar-refractivity contribution in [3.05, 3.63) is 59.8 Å². The highest BCUT2D eigenvalue weighted by atomic mass is 19.1. The molecule has 1 N–H and O–H groups in total. The Hall–Kier alpha value is -3.75. The maximum atomic E-state index is 13.1. The Balaban J connectivity index is 1.58. The van der Waals surface area contributed by atoms with Crippen LogP contribution < -0.4 is 14.8 Å². The minimum absolute atomic E-state index is 0.111. The highest BCUT2D eigenvalue weighted by Crippen LogP contribution is 2.37. The number of nitrogens with zero attached hydrogens (tertiary/aromatic N) is 4. The maximum absolute atomic E-state index is 13.1. The summed E-state index contributed by atoms with van der Waals surface area (Å²) in [6.07, 6.45) is 3.24. The average molecular weight is 367 g/mol. The molecule has 1 aliphatic heterocycles. The molecule has 0 aliphatic carbocycles. The van der Waals surface area contributed by atoms with Crippen LogP contribution in [0, 0.1) is 5.82 Å². The number of Topliss-reactive ketones (excluding diaryl/α,β-unsaturated/α-hetero) is 1. The van der Waals surface area contributed by atoms with Crippen LogP contribution >= 0.6 is 0 Å². The molecule has 0 atom stereocenters. The zero-order chi connectivity index (χ0) is 18.8. The van der Waals surface area contributed by atoms with E-state index in [2.05, 4.69) is 20.8 Å². The van der Waals surface area contributed by atoms with Crippen LogP contribution in [0.1, 0.15) is 23.1 Å². The molecule has 0 saturated carbocycles. The number of ether oxygens (including phenoxy) is 2. The van der Waals surface area contributed by atoms with E-state index in [0.29, 0.717) is 34.3 Å². The number of nitrogens with one attached hydrogen (secondary N) is 1. The van der Waals surface area contributed by atoms with Crippen LogP contribution in [0.5, 0.6) is 11.5 Å². The monoisotopic (exact) mass is 367 g/mol. The number of tetrazole rings is 1. The molecule has 0 spiro atoms. The van der Waals surface area contributed by atoms with Crippen molar-refractivity contribution in [1.82, 2.24) is 20.2 Å². The fourth-order valence-electron chi connectivity index (χ4n) is 2.62. The molecular formula is C18H14FN5O3. The molecular weight excluding hydrogens is 353 g/mol. The fourth-order valence-corrected chi connectivity index (χ4v) is 2.62. The molecule has 0 amide bonds. The van der Waals surface area contributed by atoms with Gasteiger partial charge in [0.2, 0.25) is 6.79 Å². The van der Waals surface area contributed by atoms with E-state index in [1.54, 1.807) is 36.5 Å². The normalized spacial score (nSPS) is 12.5. The summed E-state index contributed by atoms with van der Waals surface area (Å²) < 4.78 is 25.2. The number of ketones is 1. The Bertz CT molecular complexity index is 1030. The zero-order valence-corrected chi connectivity index (χ0v) is 14.2. The third kappa shape index (κ3) is 3.34. The SMILES string of the molecule is CC(=O)c1cc2c(cc1N/C=C\c1nnnn1-c1ccc(F)cc1)OCO2. The summed E-state index contributed by atoms with van der Waals surface area (Å²) in [6.45, 7) is 1.60. The van der Waals surface area contributed by atoms with Gasteiger partial charge in [-0.3, -0.25) is 4.79 Å². The number of rotatable bonds is 5. The van der Waals surface area contributed by atoms with Crippen molar-refractivity contribution in [2.45, 2.75) is 6.92 Å². The van der Waals surface area contributed by atoms with Crippen LogP contribution in [0.25, 0.3) is 11.8 Å². The predicted octanol–water partition coefficient (Wildman–Crippen LogP) is 2.82. The number of benzene rings is 2. The Labute approximate surface area is 153 Å². The van der Waals surface area contributed by atoms with Gasteiger partial charge >= 0.3 is 0 Å². The maximum Gasteiger partial charge on any atom is 0.231 e. The van der Waals surface area contributed by atoms with Gasteiger partial charge in [-0.15, -0.1) is 5.10 Å². The standard InChI is InChI=1S/C18H14FN5O3/c1-11(25)14-8-16-17(27-10-26-16)9-15(14)20-7-6-18-21-22-23-24(18)13-4-2-12(19)3-5-13/h2-9,20H,10H2,1H3/b7-6-. The topological polar surface area (TPSA) is 91.2 Å². The molecule has 9 heteroatoms. The first-order chi connectivity index (χ1) is 13.1. The van der Waals surface area contributed by atoms with Crippen molar-refractivity contribution in [3.8, 4) is 17.2 Å².